The number of carbonyl (C=O) groups is 1. The van der Waals surface area contributed by atoms with Gasteiger partial charge in [0.2, 0.25) is 0 Å². The van der Waals surface area contributed by atoms with Gasteiger partial charge in [0.25, 0.3) is 0 Å². The van der Waals surface area contributed by atoms with Crippen molar-refractivity contribution in [2.75, 3.05) is 13.1 Å². The molecule has 1 fully saturated rings. The Hall–Kier alpha value is -1.49. The SMILES string of the molecule is CC(C)(C)OC(=O)N1CCC(Oc2ccncc2Cl)C1. The molecule has 0 radical (unpaired) electrons. The van der Waals surface area contributed by atoms with Gasteiger partial charge in [-0.1, -0.05) is 11.6 Å². The zero-order valence-electron chi connectivity index (χ0n) is 11.9. The number of ether oxygens (including phenoxy) is 2. The summed E-state index contributed by atoms with van der Waals surface area (Å²) in [5.74, 6) is 0.595. The minimum atomic E-state index is -0.482. The Kier molecular flexibility index (Phi) is 4.38. The molecule has 1 saturated heterocycles. The van der Waals surface area contributed by atoms with Gasteiger partial charge in [0.1, 0.15) is 22.5 Å². The van der Waals surface area contributed by atoms with E-state index in [1.807, 2.05) is 20.8 Å². The second-order valence-electron chi connectivity index (χ2n) is 5.76. The summed E-state index contributed by atoms with van der Waals surface area (Å²) in [5.41, 5.74) is -0.482. The molecule has 0 saturated carbocycles. The van der Waals surface area contributed by atoms with Crippen molar-refractivity contribution in [3.63, 3.8) is 0 Å². The van der Waals surface area contributed by atoms with E-state index in [1.54, 1.807) is 17.2 Å². The van der Waals surface area contributed by atoms with Gasteiger partial charge < -0.3 is 14.4 Å². The van der Waals surface area contributed by atoms with Crippen LogP contribution in [0.2, 0.25) is 5.02 Å². The molecule has 1 aromatic heterocycles. The number of rotatable bonds is 2. The number of amides is 1. The van der Waals surface area contributed by atoms with Crippen LogP contribution in [0.25, 0.3) is 0 Å². The van der Waals surface area contributed by atoms with E-state index in [0.29, 0.717) is 23.9 Å². The standard InChI is InChI=1S/C14H19ClN2O3/c1-14(2,3)20-13(18)17-7-5-10(9-17)19-12-4-6-16-8-11(12)15/h4,6,8,10H,5,7,9H2,1-3H3. The molecule has 1 aliphatic heterocycles. The summed E-state index contributed by atoms with van der Waals surface area (Å²) in [7, 11) is 0. The molecule has 0 aliphatic carbocycles. The summed E-state index contributed by atoms with van der Waals surface area (Å²) < 4.78 is 11.1. The van der Waals surface area contributed by atoms with Crippen LogP contribution >= 0.6 is 11.6 Å². The highest BCUT2D eigenvalue weighted by Crippen LogP contribution is 2.26. The zero-order valence-corrected chi connectivity index (χ0v) is 12.7. The maximum absolute atomic E-state index is 11.9. The van der Waals surface area contributed by atoms with Gasteiger partial charge in [0.15, 0.2) is 0 Å². The maximum atomic E-state index is 11.9. The van der Waals surface area contributed by atoms with E-state index in [2.05, 4.69) is 4.98 Å². The van der Waals surface area contributed by atoms with Gasteiger partial charge in [-0.25, -0.2) is 4.79 Å². The highest BCUT2D eigenvalue weighted by Gasteiger charge is 2.31. The van der Waals surface area contributed by atoms with Gasteiger partial charge in [-0.3, -0.25) is 4.98 Å². The van der Waals surface area contributed by atoms with Gasteiger partial charge in [-0.15, -0.1) is 0 Å². The first-order valence-corrected chi connectivity index (χ1v) is 6.97. The molecule has 0 spiro atoms. The largest absolute Gasteiger partial charge is 0.487 e. The first-order valence-electron chi connectivity index (χ1n) is 6.59. The van der Waals surface area contributed by atoms with Crippen molar-refractivity contribution in [1.29, 1.82) is 0 Å². The number of aromatic nitrogens is 1. The van der Waals surface area contributed by atoms with E-state index in [-0.39, 0.29) is 12.2 Å². The van der Waals surface area contributed by atoms with E-state index in [9.17, 15) is 4.79 Å². The Morgan fingerprint density at radius 3 is 2.90 bits per heavy atom. The lowest BCUT2D eigenvalue weighted by Gasteiger charge is -2.24. The smallest absolute Gasteiger partial charge is 0.410 e. The highest BCUT2D eigenvalue weighted by atomic mass is 35.5. The maximum Gasteiger partial charge on any atom is 0.410 e. The lowest BCUT2D eigenvalue weighted by atomic mass is 10.2. The van der Waals surface area contributed by atoms with Gasteiger partial charge >= 0.3 is 6.09 Å². The molecule has 110 valence electrons. The summed E-state index contributed by atoms with van der Waals surface area (Å²) >= 11 is 6.00. The highest BCUT2D eigenvalue weighted by molar-refractivity contribution is 6.31. The summed E-state index contributed by atoms with van der Waals surface area (Å²) in [6.07, 6.45) is 3.56. The molecular weight excluding hydrogens is 280 g/mol. The quantitative estimate of drug-likeness (QED) is 0.842. The number of carbonyl (C=O) groups excluding carboxylic acids is 1. The fraction of sp³-hybridized carbons (Fsp3) is 0.571. The van der Waals surface area contributed by atoms with Crippen molar-refractivity contribution in [3.8, 4) is 5.75 Å². The summed E-state index contributed by atoms with van der Waals surface area (Å²) in [4.78, 5) is 17.5. The number of likely N-dealkylation sites (tertiary alicyclic amines) is 1. The van der Waals surface area contributed by atoms with Gasteiger partial charge in [0.05, 0.1) is 6.54 Å². The molecule has 1 atom stereocenters. The fourth-order valence-corrected chi connectivity index (χ4v) is 2.12. The Labute approximate surface area is 123 Å². The van der Waals surface area contributed by atoms with Crippen molar-refractivity contribution >= 4 is 17.7 Å². The summed E-state index contributed by atoms with van der Waals surface area (Å²) in [5, 5.41) is 0.475. The predicted molar refractivity (Wildman–Crippen MR) is 76.1 cm³/mol. The molecule has 1 unspecified atom stereocenters. The minimum absolute atomic E-state index is 0.0672. The van der Waals surface area contributed by atoms with Crippen LogP contribution in [0, 0.1) is 0 Å². The molecule has 20 heavy (non-hydrogen) atoms. The number of hydrogen-bond donors (Lipinski definition) is 0. The van der Waals surface area contributed by atoms with Gasteiger partial charge in [-0.2, -0.15) is 0 Å². The summed E-state index contributed by atoms with van der Waals surface area (Å²) in [6, 6.07) is 1.72. The normalized spacial score (nSPS) is 19.0. The number of hydrogen-bond acceptors (Lipinski definition) is 4. The third kappa shape index (κ3) is 4.00. The lowest BCUT2D eigenvalue weighted by molar-refractivity contribution is 0.0275. The van der Waals surface area contributed by atoms with Crippen molar-refractivity contribution in [2.24, 2.45) is 0 Å². The van der Waals surface area contributed by atoms with E-state index >= 15 is 0 Å². The number of halogens is 1. The average molecular weight is 299 g/mol. The van der Waals surface area contributed by atoms with Crippen LogP contribution in [0.1, 0.15) is 27.2 Å². The van der Waals surface area contributed by atoms with E-state index in [0.717, 1.165) is 6.42 Å². The molecule has 0 bridgehead atoms. The van der Waals surface area contributed by atoms with Crippen LogP contribution in [0.4, 0.5) is 4.79 Å². The molecule has 5 nitrogen and oxygen atoms in total. The number of pyridine rings is 1. The first-order chi connectivity index (χ1) is 9.35. The molecule has 6 heteroatoms. The second-order valence-corrected chi connectivity index (χ2v) is 6.17. The monoisotopic (exact) mass is 298 g/mol. The van der Waals surface area contributed by atoms with Crippen LogP contribution < -0.4 is 4.74 Å². The van der Waals surface area contributed by atoms with E-state index in [4.69, 9.17) is 21.1 Å². The van der Waals surface area contributed by atoms with Crippen LogP contribution in [0.15, 0.2) is 18.5 Å². The van der Waals surface area contributed by atoms with E-state index < -0.39 is 5.60 Å². The fourth-order valence-electron chi connectivity index (χ4n) is 1.95. The van der Waals surface area contributed by atoms with Gasteiger partial charge in [-0.05, 0) is 20.8 Å². The van der Waals surface area contributed by atoms with Crippen molar-refractivity contribution in [3.05, 3.63) is 23.5 Å². The van der Waals surface area contributed by atoms with Crippen LogP contribution in [0.3, 0.4) is 0 Å². The lowest BCUT2D eigenvalue weighted by Crippen LogP contribution is -2.36. The second kappa shape index (κ2) is 5.87. The Morgan fingerprint density at radius 1 is 1.50 bits per heavy atom. The predicted octanol–water partition coefficient (Wildman–Crippen LogP) is 3.12. The van der Waals surface area contributed by atoms with Crippen molar-refractivity contribution in [1.82, 2.24) is 9.88 Å². The molecular formula is C14H19ClN2O3. The zero-order chi connectivity index (χ0) is 14.8. The molecule has 1 amide bonds. The minimum Gasteiger partial charge on any atom is -0.487 e. The van der Waals surface area contributed by atoms with Crippen LogP contribution in [-0.4, -0.2) is 40.8 Å². The van der Waals surface area contributed by atoms with Gasteiger partial charge in [0, 0.05) is 31.4 Å². The molecule has 0 aromatic carbocycles. The molecule has 1 aromatic rings. The number of nitrogens with zero attached hydrogens (tertiary/aromatic N) is 2. The van der Waals surface area contributed by atoms with Crippen LogP contribution in [0.5, 0.6) is 5.75 Å². The third-order valence-electron chi connectivity index (χ3n) is 2.83. The van der Waals surface area contributed by atoms with Crippen LogP contribution in [-0.2, 0) is 4.74 Å². The van der Waals surface area contributed by atoms with Crippen molar-refractivity contribution < 1.29 is 14.3 Å². The topological polar surface area (TPSA) is 51.7 Å². The third-order valence-corrected chi connectivity index (χ3v) is 3.11. The molecule has 0 N–H and O–H groups in total. The molecule has 2 heterocycles. The average Bonchev–Trinajstić information content (AvgIpc) is 2.79. The first kappa shape index (κ1) is 14.9. The summed E-state index contributed by atoms with van der Waals surface area (Å²) in [6.45, 7) is 6.69. The van der Waals surface area contributed by atoms with E-state index in [1.165, 1.54) is 6.20 Å². The molecule has 1 aliphatic rings. The Morgan fingerprint density at radius 2 is 2.25 bits per heavy atom. The molecule has 2 rings (SSSR count). The Balaban J connectivity index is 1.90. The Bertz CT molecular complexity index is 488. The van der Waals surface area contributed by atoms with Crippen molar-refractivity contribution in [2.45, 2.75) is 38.9 Å².